The van der Waals surface area contributed by atoms with Crippen molar-refractivity contribution in [3.8, 4) is 0 Å². The average molecular weight is 554 g/mol. The van der Waals surface area contributed by atoms with Gasteiger partial charge in [-0.25, -0.2) is 0 Å². The van der Waals surface area contributed by atoms with Crippen LogP contribution in [0, 0.1) is 0 Å². The fraction of sp³-hybridized carbons (Fsp3) is 0.708. The van der Waals surface area contributed by atoms with Crippen LogP contribution in [-0.2, 0) is 6.42 Å². The van der Waals surface area contributed by atoms with Crippen molar-refractivity contribution in [3.63, 3.8) is 0 Å². The van der Waals surface area contributed by atoms with E-state index in [9.17, 15) is 0 Å². The summed E-state index contributed by atoms with van der Waals surface area (Å²) in [4.78, 5) is 7.87. The molecule has 1 saturated carbocycles. The Balaban J connectivity index is 0.00000289. The van der Waals surface area contributed by atoms with Crippen LogP contribution in [0.3, 0.4) is 0 Å². The normalized spacial score (nSPS) is 19.5. The molecule has 0 radical (unpaired) electrons. The molecular weight excluding hydrogens is 513 g/mol. The molecule has 1 aliphatic carbocycles. The number of fused-ring (bicyclic) bond motifs is 1. The predicted molar refractivity (Wildman–Crippen MR) is 142 cm³/mol. The standard InChI is InChI=1S/C24H39N7.HI/c1-2-25-23(26-16-11-13-22-29-28-21-12-5-10-19-31(21)22)27-20-24(14-6-3-7-15-24)30-17-8-4-9-18-30;/h5,10,12,19H,2-4,6-9,11,13-18,20H2,1H3,(H2,25,26,27);1H. The maximum Gasteiger partial charge on any atom is 0.191 e. The van der Waals surface area contributed by atoms with Crippen molar-refractivity contribution < 1.29 is 0 Å². The number of pyridine rings is 1. The van der Waals surface area contributed by atoms with Gasteiger partial charge in [-0.2, -0.15) is 0 Å². The number of piperidine rings is 1. The minimum Gasteiger partial charge on any atom is -0.357 e. The third-order valence-electron chi connectivity index (χ3n) is 6.94. The summed E-state index contributed by atoms with van der Waals surface area (Å²) in [5, 5.41) is 15.6. The van der Waals surface area contributed by atoms with Crippen LogP contribution in [0.4, 0.5) is 0 Å². The van der Waals surface area contributed by atoms with Crippen LogP contribution in [0.5, 0.6) is 0 Å². The molecule has 1 aliphatic heterocycles. The lowest BCUT2D eigenvalue weighted by atomic mass is 9.79. The number of aliphatic imine (C=N–C) groups is 1. The Kier molecular flexibility index (Phi) is 10.0. The second-order valence-electron chi connectivity index (χ2n) is 9.10. The minimum atomic E-state index is 0. The summed E-state index contributed by atoms with van der Waals surface area (Å²) in [7, 11) is 0. The number of halogens is 1. The largest absolute Gasteiger partial charge is 0.357 e. The van der Waals surface area contributed by atoms with E-state index in [4.69, 9.17) is 4.99 Å². The summed E-state index contributed by atoms with van der Waals surface area (Å²) < 4.78 is 2.07. The smallest absolute Gasteiger partial charge is 0.191 e. The van der Waals surface area contributed by atoms with Gasteiger partial charge in [0.05, 0.1) is 6.54 Å². The second kappa shape index (κ2) is 12.7. The molecule has 4 rings (SSSR count). The molecule has 2 N–H and O–H groups in total. The second-order valence-corrected chi connectivity index (χ2v) is 9.10. The fourth-order valence-corrected chi connectivity index (χ4v) is 5.24. The van der Waals surface area contributed by atoms with Gasteiger partial charge < -0.3 is 10.6 Å². The van der Waals surface area contributed by atoms with E-state index >= 15 is 0 Å². The number of aromatic nitrogens is 3. The van der Waals surface area contributed by atoms with E-state index in [0.29, 0.717) is 0 Å². The highest BCUT2D eigenvalue weighted by molar-refractivity contribution is 14.0. The zero-order chi connectivity index (χ0) is 21.4. The van der Waals surface area contributed by atoms with Crippen molar-refractivity contribution in [2.45, 2.75) is 76.7 Å². The summed E-state index contributed by atoms with van der Waals surface area (Å²) in [5.74, 6) is 1.97. The van der Waals surface area contributed by atoms with Gasteiger partial charge >= 0.3 is 0 Å². The number of rotatable bonds is 8. The van der Waals surface area contributed by atoms with Gasteiger partial charge in [0, 0.05) is 31.2 Å². The van der Waals surface area contributed by atoms with Gasteiger partial charge in [0.25, 0.3) is 0 Å². The molecule has 2 aromatic heterocycles. The molecule has 0 aromatic carbocycles. The lowest BCUT2D eigenvalue weighted by Gasteiger charge is -2.47. The number of hydrogen-bond acceptors (Lipinski definition) is 4. The predicted octanol–water partition coefficient (Wildman–Crippen LogP) is 4.02. The summed E-state index contributed by atoms with van der Waals surface area (Å²) in [6.07, 6.45) is 14.7. The number of hydrogen-bond donors (Lipinski definition) is 2. The van der Waals surface area contributed by atoms with Crippen LogP contribution in [0.2, 0.25) is 0 Å². The van der Waals surface area contributed by atoms with Crippen LogP contribution < -0.4 is 10.6 Å². The summed E-state index contributed by atoms with van der Waals surface area (Å²) in [6.45, 7) is 7.33. The molecule has 2 aromatic rings. The van der Waals surface area contributed by atoms with E-state index < -0.39 is 0 Å². The minimum absolute atomic E-state index is 0. The van der Waals surface area contributed by atoms with Gasteiger partial charge in [0.2, 0.25) is 0 Å². The quantitative estimate of drug-likeness (QED) is 0.224. The van der Waals surface area contributed by atoms with Gasteiger partial charge in [-0.1, -0.05) is 31.7 Å². The molecule has 2 fully saturated rings. The lowest BCUT2D eigenvalue weighted by molar-refractivity contribution is 0.0407. The SMILES string of the molecule is CCNC(=NCC1(N2CCCCC2)CCCCC1)NCCCc1nnc2ccccn12.I. The molecule has 0 unspecified atom stereocenters. The van der Waals surface area contributed by atoms with E-state index in [0.717, 1.165) is 49.9 Å². The van der Waals surface area contributed by atoms with Gasteiger partial charge in [-0.15, -0.1) is 34.2 Å². The third-order valence-corrected chi connectivity index (χ3v) is 6.94. The molecule has 0 bridgehead atoms. The van der Waals surface area contributed by atoms with Crippen LogP contribution in [0.15, 0.2) is 29.4 Å². The molecule has 0 atom stereocenters. The highest BCUT2D eigenvalue weighted by Crippen LogP contribution is 2.35. The van der Waals surface area contributed by atoms with E-state index in [1.807, 2.05) is 24.4 Å². The lowest BCUT2D eigenvalue weighted by Crippen LogP contribution is -2.54. The van der Waals surface area contributed by atoms with Crippen molar-refractivity contribution in [1.29, 1.82) is 0 Å². The maximum absolute atomic E-state index is 5.09. The molecule has 1 saturated heterocycles. The van der Waals surface area contributed by atoms with Crippen molar-refractivity contribution >= 4 is 35.6 Å². The number of aryl methyl sites for hydroxylation is 1. The van der Waals surface area contributed by atoms with Crippen molar-refractivity contribution in [2.75, 3.05) is 32.7 Å². The Bertz CT molecular complexity index is 838. The number of nitrogens with one attached hydrogen (secondary N) is 2. The Morgan fingerprint density at radius 1 is 1.03 bits per heavy atom. The zero-order valence-electron chi connectivity index (χ0n) is 19.6. The fourth-order valence-electron chi connectivity index (χ4n) is 5.24. The van der Waals surface area contributed by atoms with E-state index in [2.05, 4.69) is 37.1 Å². The molecule has 0 spiro atoms. The summed E-state index contributed by atoms with van der Waals surface area (Å²) in [5.41, 5.74) is 1.19. The zero-order valence-corrected chi connectivity index (χ0v) is 21.9. The third kappa shape index (κ3) is 6.34. The maximum atomic E-state index is 5.09. The first-order valence-electron chi connectivity index (χ1n) is 12.4. The van der Waals surface area contributed by atoms with Crippen molar-refractivity contribution in [1.82, 2.24) is 30.1 Å². The first kappa shape index (κ1) is 25.2. The molecule has 8 heteroatoms. The molecule has 0 amide bonds. The Morgan fingerprint density at radius 2 is 1.81 bits per heavy atom. The van der Waals surface area contributed by atoms with Crippen molar-refractivity contribution in [3.05, 3.63) is 30.2 Å². The van der Waals surface area contributed by atoms with E-state index in [-0.39, 0.29) is 29.5 Å². The van der Waals surface area contributed by atoms with E-state index in [1.165, 1.54) is 64.5 Å². The highest BCUT2D eigenvalue weighted by atomic mass is 127. The summed E-state index contributed by atoms with van der Waals surface area (Å²) in [6, 6.07) is 6.02. The van der Waals surface area contributed by atoms with Crippen LogP contribution in [0.1, 0.15) is 70.5 Å². The van der Waals surface area contributed by atoms with Gasteiger partial charge in [-0.3, -0.25) is 14.3 Å². The first-order valence-corrected chi connectivity index (χ1v) is 12.4. The monoisotopic (exact) mass is 553 g/mol. The molecule has 178 valence electrons. The van der Waals surface area contributed by atoms with Crippen LogP contribution >= 0.6 is 24.0 Å². The Labute approximate surface area is 209 Å². The molecule has 7 nitrogen and oxygen atoms in total. The Hall–Kier alpha value is -1.42. The molecule has 2 aliphatic rings. The average Bonchev–Trinajstić information content (AvgIpc) is 3.24. The van der Waals surface area contributed by atoms with Crippen LogP contribution in [0.25, 0.3) is 5.65 Å². The Morgan fingerprint density at radius 3 is 2.59 bits per heavy atom. The van der Waals surface area contributed by atoms with Gasteiger partial charge in [0.15, 0.2) is 11.6 Å². The summed E-state index contributed by atoms with van der Waals surface area (Å²) >= 11 is 0. The topological polar surface area (TPSA) is 69.8 Å². The molecule has 32 heavy (non-hydrogen) atoms. The van der Waals surface area contributed by atoms with Gasteiger partial charge in [0.1, 0.15) is 5.82 Å². The van der Waals surface area contributed by atoms with Crippen molar-refractivity contribution in [2.24, 2.45) is 4.99 Å². The first-order chi connectivity index (χ1) is 15.3. The number of likely N-dealkylation sites (tertiary alicyclic amines) is 1. The van der Waals surface area contributed by atoms with Crippen LogP contribution in [-0.4, -0.2) is 63.7 Å². The van der Waals surface area contributed by atoms with Gasteiger partial charge in [-0.05, 0) is 64.3 Å². The van der Waals surface area contributed by atoms with E-state index in [1.54, 1.807) is 0 Å². The molecule has 3 heterocycles. The highest BCUT2D eigenvalue weighted by Gasteiger charge is 2.38. The number of nitrogens with zero attached hydrogens (tertiary/aromatic N) is 5. The number of guanidine groups is 1. The molecular formula is C24H40IN7.